The molecule has 0 saturated carbocycles. The number of hydrogen-bond donors (Lipinski definition) is 2. The fourth-order valence-corrected chi connectivity index (χ4v) is 4.92. The van der Waals surface area contributed by atoms with Crippen LogP contribution in [0.2, 0.25) is 0 Å². The number of pyridine rings is 1. The van der Waals surface area contributed by atoms with Crippen LogP contribution >= 0.6 is 0 Å². The van der Waals surface area contributed by atoms with Crippen LogP contribution in [0.3, 0.4) is 0 Å². The Labute approximate surface area is 217 Å². The van der Waals surface area contributed by atoms with Crippen molar-refractivity contribution in [1.29, 1.82) is 0 Å². The van der Waals surface area contributed by atoms with Crippen LogP contribution in [0.1, 0.15) is 27.0 Å². The van der Waals surface area contributed by atoms with E-state index in [2.05, 4.69) is 63.1 Å². The summed E-state index contributed by atoms with van der Waals surface area (Å²) in [6, 6.07) is 24.4. The highest BCUT2D eigenvalue weighted by atomic mass is 16.3. The van der Waals surface area contributed by atoms with Crippen molar-refractivity contribution < 1.29 is 9.90 Å². The van der Waals surface area contributed by atoms with Crippen molar-refractivity contribution in [2.45, 2.75) is 6.42 Å². The van der Waals surface area contributed by atoms with Crippen molar-refractivity contribution in [3.8, 4) is 0 Å². The van der Waals surface area contributed by atoms with E-state index in [9.17, 15) is 4.79 Å². The van der Waals surface area contributed by atoms with Crippen molar-refractivity contribution in [3.63, 3.8) is 0 Å². The maximum absolute atomic E-state index is 12.9. The molecule has 6 heteroatoms. The largest absolute Gasteiger partial charge is 0.395 e. The minimum atomic E-state index is -0.174. The summed E-state index contributed by atoms with van der Waals surface area (Å²) >= 11 is 0. The van der Waals surface area contributed by atoms with Gasteiger partial charge in [0.05, 0.1) is 6.61 Å². The maximum Gasteiger partial charge on any atom is 0.256 e. The molecule has 1 saturated heterocycles. The maximum atomic E-state index is 12.9. The molecule has 1 fully saturated rings. The van der Waals surface area contributed by atoms with Crippen molar-refractivity contribution in [2.75, 3.05) is 49.5 Å². The van der Waals surface area contributed by atoms with Crippen LogP contribution in [0.5, 0.6) is 0 Å². The van der Waals surface area contributed by atoms with Crippen molar-refractivity contribution in [1.82, 2.24) is 9.88 Å². The zero-order valence-electron chi connectivity index (χ0n) is 20.9. The Balaban J connectivity index is 1.22. The second-order valence-electron chi connectivity index (χ2n) is 9.39. The molecule has 0 spiro atoms. The van der Waals surface area contributed by atoms with E-state index in [1.165, 1.54) is 16.3 Å². The Morgan fingerprint density at radius 3 is 2.51 bits per heavy atom. The molecule has 6 nitrogen and oxygen atoms in total. The molecule has 0 aliphatic carbocycles. The highest BCUT2D eigenvalue weighted by Gasteiger charge is 2.17. The number of fused-ring (bicyclic) bond motifs is 1. The molecule has 1 aromatic heterocycles. The third-order valence-electron chi connectivity index (χ3n) is 6.96. The summed E-state index contributed by atoms with van der Waals surface area (Å²) in [5.74, 6) is 0.368. The summed E-state index contributed by atoms with van der Waals surface area (Å²) in [5, 5.41) is 14.4. The Morgan fingerprint density at radius 1 is 0.973 bits per heavy atom. The van der Waals surface area contributed by atoms with Gasteiger partial charge in [0.15, 0.2) is 0 Å². The number of amides is 1. The van der Waals surface area contributed by atoms with Crippen LogP contribution in [0.25, 0.3) is 16.8 Å². The van der Waals surface area contributed by atoms with E-state index in [0.717, 1.165) is 56.0 Å². The first-order valence-electron chi connectivity index (χ1n) is 12.7. The van der Waals surface area contributed by atoms with Gasteiger partial charge >= 0.3 is 0 Å². The van der Waals surface area contributed by atoms with E-state index < -0.39 is 0 Å². The summed E-state index contributed by atoms with van der Waals surface area (Å²) in [5.41, 5.74) is 5.12. The number of β-amino-alcohol motifs (C(OH)–C–C–N with tert-alkyl or cyclic N) is 1. The highest BCUT2D eigenvalue weighted by molar-refractivity contribution is 6.04. The SMILES string of the molecule is C=Cc1cccc2cc(Cc3ccnc(NC(=O)c4ccc(N5CCN(CCO)CC5)cc4)c3)ccc12. The first-order chi connectivity index (χ1) is 18.1. The van der Waals surface area contributed by atoms with Gasteiger partial charge in [-0.15, -0.1) is 0 Å². The third kappa shape index (κ3) is 5.88. The quantitative estimate of drug-likeness (QED) is 0.369. The predicted molar refractivity (Wildman–Crippen MR) is 151 cm³/mol. The van der Waals surface area contributed by atoms with E-state index in [1.54, 1.807) is 6.20 Å². The zero-order chi connectivity index (χ0) is 25.6. The van der Waals surface area contributed by atoms with Gasteiger partial charge in [0, 0.05) is 50.2 Å². The number of aliphatic hydroxyl groups is 1. The van der Waals surface area contributed by atoms with Crippen molar-refractivity contribution in [2.24, 2.45) is 0 Å². The van der Waals surface area contributed by atoms with Crippen LogP contribution in [0.4, 0.5) is 11.5 Å². The Bertz CT molecular complexity index is 1390. The van der Waals surface area contributed by atoms with E-state index in [0.29, 0.717) is 11.4 Å². The standard InChI is InChI=1S/C31H32N4O2/c1-2-25-4-3-5-27-21-23(6-11-29(25)27)20-24-12-13-32-30(22-24)33-31(37)26-7-9-28(10-8-26)35-16-14-34(15-17-35)18-19-36/h2-13,21-22,36H,1,14-20H2,(H,32,33,37). The minimum Gasteiger partial charge on any atom is -0.395 e. The fourth-order valence-electron chi connectivity index (χ4n) is 4.92. The van der Waals surface area contributed by atoms with Crippen LogP contribution in [-0.2, 0) is 6.42 Å². The van der Waals surface area contributed by atoms with Crippen LogP contribution in [0, 0.1) is 0 Å². The van der Waals surface area contributed by atoms with E-state index >= 15 is 0 Å². The number of piperazine rings is 1. The number of aromatic nitrogens is 1. The van der Waals surface area contributed by atoms with Gasteiger partial charge in [-0.2, -0.15) is 0 Å². The molecule has 188 valence electrons. The number of aliphatic hydroxyl groups excluding tert-OH is 1. The van der Waals surface area contributed by atoms with E-state index in [1.807, 2.05) is 42.5 Å². The fraction of sp³-hybridized carbons (Fsp3) is 0.226. The number of carbonyl (C=O) groups is 1. The monoisotopic (exact) mass is 492 g/mol. The number of carbonyl (C=O) groups excluding carboxylic acids is 1. The second kappa shape index (κ2) is 11.4. The van der Waals surface area contributed by atoms with Crippen molar-refractivity contribution >= 4 is 34.3 Å². The molecular weight excluding hydrogens is 460 g/mol. The average Bonchev–Trinajstić information content (AvgIpc) is 2.93. The lowest BCUT2D eigenvalue weighted by molar-refractivity contribution is 0.102. The molecular formula is C31H32N4O2. The molecule has 4 aromatic rings. The first kappa shape index (κ1) is 24.7. The summed E-state index contributed by atoms with van der Waals surface area (Å²) in [4.78, 5) is 21.8. The number of rotatable bonds is 8. The van der Waals surface area contributed by atoms with Crippen LogP contribution in [-0.4, -0.2) is 60.2 Å². The number of anilines is 2. The molecule has 0 radical (unpaired) electrons. The molecule has 1 aliphatic heterocycles. The topological polar surface area (TPSA) is 68.7 Å². The average molecular weight is 493 g/mol. The third-order valence-corrected chi connectivity index (χ3v) is 6.96. The minimum absolute atomic E-state index is 0.174. The van der Waals surface area contributed by atoms with Gasteiger partial charge < -0.3 is 15.3 Å². The summed E-state index contributed by atoms with van der Waals surface area (Å²) < 4.78 is 0. The summed E-state index contributed by atoms with van der Waals surface area (Å²) in [7, 11) is 0. The van der Waals surface area contributed by atoms with Gasteiger partial charge in [-0.05, 0) is 70.3 Å². The summed E-state index contributed by atoms with van der Waals surface area (Å²) in [6.07, 6.45) is 4.37. The van der Waals surface area contributed by atoms with Gasteiger partial charge in [-0.1, -0.05) is 49.1 Å². The first-order valence-corrected chi connectivity index (χ1v) is 12.7. The molecule has 5 rings (SSSR count). The van der Waals surface area contributed by atoms with Gasteiger partial charge in [0.2, 0.25) is 0 Å². The molecule has 2 heterocycles. The molecule has 0 unspecified atom stereocenters. The van der Waals surface area contributed by atoms with Crippen LogP contribution in [0.15, 0.2) is 85.6 Å². The number of hydrogen-bond acceptors (Lipinski definition) is 5. The van der Waals surface area contributed by atoms with Crippen molar-refractivity contribution in [3.05, 3.63) is 108 Å². The van der Waals surface area contributed by atoms with Crippen LogP contribution < -0.4 is 10.2 Å². The molecule has 0 bridgehead atoms. The Morgan fingerprint density at radius 2 is 1.76 bits per heavy atom. The summed E-state index contributed by atoms with van der Waals surface area (Å²) in [6.45, 7) is 8.51. The predicted octanol–water partition coefficient (Wildman–Crippen LogP) is 4.84. The zero-order valence-corrected chi connectivity index (χ0v) is 20.9. The lowest BCUT2D eigenvalue weighted by Gasteiger charge is -2.35. The van der Waals surface area contributed by atoms with Gasteiger partial charge in [0.1, 0.15) is 5.82 Å². The van der Waals surface area contributed by atoms with Gasteiger partial charge in [-0.25, -0.2) is 4.98 Å². The smallest absolute Gasteiger partial charge is 0.256 e. The normalized spacial score (nSPS) is 14.0. The molecule has 1 aliphatic rings. The number of nitrogens with zero attached hydrogens (tertiary/aromatic N) is 3. The molecule has 37 heavy (non-hydrogen) atoms. The van der Waals surface area contributed by atoms with Gasteiger partial charge in [0.25, 0.3) is 5.91 Å². The molecule has 2 N–H and O–H groups in total. The second-order valence-corrected chi connectivity index (χ2v) is 9.39. The highest BCUT2D eigenvalue weighted by Crippen LogP contribution is 2.23. The number of nitrogens with one attached hydrogen (secondary N) is 1. The Hall–Kier alpha value is -4.00. The van der Waals surface area contributed by atoms with E-state index in [4.69, 9.17) is 5.11 Å². The molecule has 1 amide bonds. The molecule has 3 aromatic carbocycles. The molecule has 0 atom stereocenters. The van der Waals surface area contributed by atoms with Gasteiger partial charge in [-0.3, -0.25) is 9.69 Å². The lowest BCUT2D eigenvalue weighted by Crippen LogP contribution is -2.47. The Kier molecular flexibility index (Phi) is 7.59. The number of benzene rings is 3. The lowest BCUT2D eigenvalue weighted by atomic mass is 9.99. The van der Waals surface area contributed by atoms with E-state index in [-0.39, 0.29) is 12.5 Å².